The minimum absolute atomic E-state index is 0.344. The van der Waals surface area contributed by atoms with Crippen LogP contribution in [-0.2, 0) is 4.74 Å². The lowest BCUT2D eigenvalue weighted by Gasteiger charge is -2.29. The molecule has 2 heterocycles. The summed E-state index contributed by atoms with van der Waals surface area (Å²) in [5.41, 5.74) is 1.04. The number of guanidine groups is 1. The molecule has 0 bridgehead atoms. The van der Waals surface area contributed by atoms with Crippen molar-refractivity contribution in [1.29, 1.82) is 0 Å². The fourth-order valence-electron chi connectivity index (χ4n) is 5.39. The number of benzene rings is 1. The van der Waals surface area contributed by atoms with Gasteiger partial charge in [0.2, 0.25) is 5.96 Å². The molecule has 208 valence electrons. The first-order chi connectivity index (χ1) is 18.2. The molecule has 0 spiro atoms. The van der Waals surface area contributed by atoms with Crippen molar-refractivity contribution in [3.8, 4) is 0 Å². The third kappa shape index (κ3) is 11.8. The van der Waals surface area contributed by atoms with Crippen LogP contribution in [0.15, 0.2) is 29.3 Å². The van der Waals surface area contributed by atoms with Crippen LogP contribution in [0.4, 0.5) is 5.69 Å². The van der Waals surface area contributed by atoms with Crippen molar-refractivity contribution >= 4 is 51.6 Å². The molecule has 0 saturated carbocycles. The van der Waals surface area contributed by atoms with E-state index in [9.17, 15) is 0 Å². The summed E-state index contributed by atoms with van der Waals surface area (Å²) in [4.78, 5) is 7.02. The SMILES string of the molecule is CCCC1CN=C(NCCCCCCCCCCCCCC2CCCO2)N1C(=S)Nc1cccc(I)c1. The molecule has 0 amide bonds. The molecule has 5 nitrogen and oxygen atoms in total. The predicted molar refractivity (Wildman–Crippen MR) is 171 cm³/mol. The van der Waals surface area contributed by atoms with Crippen LogP contribution in [0, 0.1) is 3.57 Å². The maximum Gasteiger partial charge on any atom is 0.200 e. The van der Waals surface area contributed by atoms with Crippen molar-refractivity contribution in [2.45, 2.75) is 122 Å². The van der Waals surface area contributed by atoms with Crippen molar-refractivity contribution in [2.24, 2.45) is 4.99 Å². The van der Waals surface area contributed by atoms with E-state index in [0.717, 1.165) is 49.3 Å². The van der Waals surface area contributed by atoms with Gasteiger partial charge in [0.1, 0.15) is 0 Å². The van der Waals surface area contributed by atoms with Gasteiger partial charge in [-0.15, -0.1) is 0 Å². The molecule has 1 aromatic carbocycles. The third-order valence-electron chi connectivity index (χ3n) is 7.47. The Kier molecular flexibility index (Phi) is 15.2. The van der Waals surface area contributed by atoms with E-state index in [-0.39, 0.29) is 0 Å². The molecular weight excluding hydrogens is 591 g/mol. The number of nitrogens with one attached hydrogen (secondary N) is 2. The molecule has 7 heteroatoms. The van der Waals surface area contributed by atoms with Crippen molar-refractivity contribution in [3.63, 3.8) is 0 Å². The number of nitrogens with zero attached hydrogens (tertiary/aromatic N) is 2. The Balaban J connectivity index is 1.20. The van der Waals surface area contributed by atoms with E-state index in [1.807, 2.05) is 0 Å². The molecule has 2 aliphatic rings. The lowest BCUT2D eigenvalue weighted by molar-refractivity contribution is 0.102. The number of rotatable bonds is 17. The summed E-state index contributed by atoms with van der Waals surface area (Å²) in [5.74, 6) is 0.942. The molecule has 0 radical (unpaired) electrons. The lowest BCUT2D eigenvalue weighted by Crippen LogP contribution is -2.49. The number of halogens is 1. The number of unbranched alkanes of at least 4 members (excludes halogenated alkanes) is 10. The molecule has 0 aromatic heterocycles. The first-order valence-corrected chi connectivity index (χ1v) is 16.4. The van der Waals surface area contributed by atoms with Crippen molar-refractivity contribution in [2.75, 3.05) is 25.0 Å². The van der Waals surface area contributed by atoms with Gasteiger partial charge in [-0.2, -0.15) is 0 Å². The Hall–Kier alpha value is -0.930. The van der Waals surface area contributed by atoms with E-state index in [1.165, 1.54) is 93.5 Å². The monoisotopic (exact) mass is 640 g/mol. The number of thiocarbonyl (C=S) groups is 1. The Morgan fingerprint density at radius 3 is 2.38 bits per heavy atom. The molecule has 1 aromatic rings. The molecule has 2 atom stereocenters. The van der Waals surface area contributed by atoms with Crippen LogP contribution in [0.5, 0.6) is 0 Å². The maximum absolute atomic E-state index is 5.82. The summed E-state index contributed by atoms with van der Waals surface area (Å²) in [6, 6.07) is 8.68. The number of ether oxygens (including phenoxy) is 1. The van der Waals surface area contributed by atoms with Crippen molar-refractivity contribution < 1.29 is 4.74 Å². The van der Waals surface area contributed by atoms with Gasteiger partial charge in [-0.1, -0.05) is 83.6 Å². The normalized spacial score (nSPS) is 19.3. The average molecular weight is 641 g/mol. The summed E-state index contributed by atoms with van der Waals surface area (Å²) < 4.78 is 6.92. The van der Waals surface area contributed by atoms with Gasteiger partial charge in [-0.25, -0.2) is 0 Å². The van der Waals surface area contributed by atoms with Gasteiger partial charge in [0.15, 0.2) is 5.11 Å². The highest BCUT2D eigenvalue weighted by molar-refractivity contribution is 14.1. The zero-order valence-electron chi connectivity index (χ0n) is 23.0. The second-order valence-corrected chi connectivity index (χ2v) is 12.3. The fourth-order valence-corrected chi connectivity index (χ4v) is 6.29. The molecule has 37 heavy (non-hydrogen) atoms. The van der Waals surface area contributed by atoms with Crippen LogP contribution in [0.1, 0.15) is 110 Å². The van der Waals surface area contributed by atoms with Crippen molar-refractivity contribution in [1.82, 2.24) is 10.2 Å². The van der Waals surface area contributed by atoms with Crippen LogP contribution >= 0.6 is 34.8 Å². The standard InChI is InChI=1S/C30H49IN4OS/c1-2-16-27-24-33-29(35(27)30(37)34-26-18-14-17-25(31)23-26)32-21-13-11-9-7-5-3-4-6-8-10-12-19-28-20-15-22-36-28/h14,17-18,23,27-28H,2-13,15-16,19-22,24H2,1H3,(H,32,33)(H,34,37). The van der Waals surface area contributed by atoms with E-state index < -0.39 is 0 Å². The van der Waals surface area contributed by atoms with Crippen molar-refractivity contribution in [3.05, 3.63) is 27.8 Å². The van der Waals surface area contributed by atoms with Crippen LogP contribution < -0.4 is 10.6 Å². The number of hydrogen-bond acceptors (Lipinski definition) is 4. The minimum atomic E-state index is 0.344. The highest BCUT2D eigenvalue weighted by Crippen LogP contribution is 2.20. The van der Waals surface area contributed by atoms with Gasteiger partial charge in [0, 0.05) is 22.4 Å². The Morgan fingerprint density at radius 2 is 1.73 bits per heavy atom. The van der Waals surface area contributed by atoms with Crippen LogP contribution in [0.2, 0.25) is 0 Å². The third-order valence-corrected chi connectivity index (χ3v) is 8.44. The lowest BCUT2D eigenvalue weighted by atomic mass is 10.0. The zero-order chi connectivity index (χ0) is 26.1. The molecule has 0 aliphatic carbocycles. The molecule has 2 unspecified atom stereocenters. The number of anilines is 1. The Labute approximate surface area is 245 Å². The summed E-state index contributed by atoms with van der Waals surface area (Å²) in [6.07, 6.45) is 21.6. The second kappa shape index (κ2) is 18.4. The van der Waals surface area contributed by atoms with Gasteiger partial charge in [-0.3, -0.25) is 9.89 Å². The molecule has 2 N–H and O–H groups in total. The smallest absolute Gasteiger partial charge is 0.200 e. The van der Waals surface area contributed by atoms with Crippen LogP contribution in [0.25, 0.3) is 0 Å². The van der Waals surface area contributed by atoms with Gasteiger partial charge in [-0.05, 0) is 85.1 Å². The molecule has 1 fully saturated rings. The Bertz CT molecular complexity index is 815. The molecular formula is C30H49IN4OS. The second-order valence-electron chi connectivity index (χ2n) is 10.7. The summed E-state index contributed by atoms with van der Waals surface area (Å²) in [5, 5.41) is 7.76. The first-order valence-electron chi connectivity index (χ1n) is 14.9. The summed E-state index contributed by atoms with van der Waals surface area (Å²) in [7, 11) is 0. The van der Waals surface area contributed by atoms with E-state index in [1.54, 1.807) is 0 Å². The van der Waals surface area contributed by atoms with Crippen LogP contribution in [-0.4, -0.2) is 47.8 Å². The summed E-state index contributed by atoms with van der Waals surface area (Å²) >= 11 is 8.15. The van der Waals surface area contributed by atoms with Gasteiger partial charge in [0.25, 0.3) is 0 Å². The highest BCUT2D eigenvalue weighted by atomic mass is 127. The Morgan fingerprint density at radius 1 is 1.03 bits per heavy atom. The predicted octanol–water partition coefficient (Wildman–Crippen LogP) is 8.28. The zero-order valence-corrected chi connectivity index (χ0v) is 26.0. The largest absolute Gasteiger partial charge is 0.378 e. The number of aliphatic imine (C=N–C) groups is 1. The molecule has 2 aliphatic heterocycles. The van der Waals surface area contributed by atoms with E-state index in [4.69, 9.17) is 21.9 Å². The topological polar surface area (TPSA) is 48.9 Å². The van der Waals surface area contributed by atoms with E-state index in [2.05, 4.69) is 69.3 Å². The fraction of sp³-hybridized carbons (Fsp3) is 0.733. The van der Waals surface area contributed by atoms with Gasteiger partial charge < -0.3 is 15.4 Å². The number of hydrogen-bond donors (Lipinski definition) is 2. The van der Waals surface area contributed by atoms with E-state index in [0.29, 0.717) is 12.1 Å². The van der Waals surface area contributed by atoms with Gasteiger partial charge in [0.05, 0.1) is 18.7 Å². The summed E-state index contributed by atoms with van der Waals surface area (Å²) in [6.45, 7) is 5.01. The van der Waals surface area contributed by atoms with E-state index >= 15 is 0 Å². The molecule has 1 saturated heterocycles. The maximum atomic E-state index is 5.82. The minimum Gasteiger partial charge on any atom is -0.378 e. The highest BCUT2D eigenvalue weighted by Gasteiger charge is 2.30. The average Bonchev–Trinajstić information content (AvgIpc) is 3.54. The van der Waals surface area contributed by atoms with Gasteiger partial charge >= 0.3 is 0 Å². The molecule has 3 rings (SSSR count). The first kappa shape index (κ1) is 30.6. The quantitative estimate of drug-likeness (QED) is 0.102. The van der Waals surface area contributed by atoms with Crippen LogP contribution in [0.3, 0.4) is 0 Å².